The van der Waals surface area contributed by atoms with Crippen LogP contribution in [-0.2, 0) is 4.79 Å². The van der Waals surface area contributed by atoms with Gasteiger partial charge in [0.2, 0.25) is 5.91 Å². The van der Waals surface area contributed by atoms with E-state index in [0.717, 1.165) is 12.1 Å². The molecule has 1 aliphatic rings. The molecule has 2 aromatic rings. The molecule has 124 valence electrons. The zero-order valence-electron chi connectivity index (χ0n) is 12.3. The molecule has 24 heavy (non-hydrogen) atoms. The van der Waals surface area contributed by atoms with Gasteiger partial charge in [-0.2, -0.15) is 0 Å². The topological polar surface area (TPSA) is 50.7 Å². The predicted octanol–water partition coefficient (Wildman–Crippen LogP) is 4.07. The molecule has 0 radical (unpaired) electrons. The lowest BCUT2D eigenvalue weighted by Crippen LogP contribution is -2.13. The number of rotatable bonds is 2. The largest absolute Gasteiger partial charge is 0.494 e. The molecule has 0 aliphatic carbocycles. The number of halogens is 4. The quantitative estimate of drug-likeness (QED) is 0.865. The summed E-state index contributed by atoms with van der Waals surface area (Å²) in [6.45, 7) is -0.311. The van der Waals surface area contributed by atoms with Crippen LogP contribution in [0, 0.1) is 11.6 Å². The number of anilines is 1. The number of carbonyl (C=O) groups is 1. The third-order valence-electron chi connectivity index (χ3n) is 3.50. The maximum Gasteiger partial charge on any atom is 0.246 e. The van der Waals surface area contributed by atoms with Gasteiger partial charge in [-0.15, -0.1) is 0 Å². The van der Waals surface area contributed by atoms with Gasteiger partial charge in [0.25, 0.3) is 0 Å². The van der Waals surface area contributed by atoms with E-state index >= 15 is 0 Å². The van der Waals surface area contributed by atoms with Gasteiger partial charge < -0.3 is 10.1 Å². The predicted molar refractivity (Wildman–Crippen MR) is 88.5 cm³/mol. The fraction of sp³-hybridized carbons (Fsp3) is 0.125. The summed E-state index contributed by atoms with van der Waals surface area (Å²) in [5.41, 5.74) is -0.116. The van der Waals surface area contributed by atoms with Crippen molar-refractivity contribution in [2.24, 2.45) is 4.99 Å². The highest BCUT2D eigenvalue weighted by atomic mass is 35.5. The van der Waals surface area contributed by atoms with Crippen LogP contribution in [0.15, 0.2) is 29.3 Å². The van der Waals surface area contributed by atoms with Crippen molar-refractivity contribution in [3.8, 4) is 5.75 Å². The van der Waals surface area contributed by atoms with Gasteiger partial charge in [-0.3, -0.25) is 9.79 Å². The summed E-state index contributed by atoms with van der Waals surface area (Å²) in [6.07, 6.45) is 0. The van der Waals surface area contributed by atoms with Crippen LogP contribution in [0.1, 0.15) is 11.1 Å². The molecule has 0 aromatic heterocycles. The molecule has 0 unspecified atom stereocenters. The highest BCUT2D eigenvalue weighted by Crippen LogP contribution is 2.36. The number of methoxy groups -OCH3 is 1. The first-order chi connectivity index (χ1) is 11.4. The Balaban J connectivity index is 2.34. The second kappa shape index (κ2) is 6.37. The molecule has 1 amide bonds. The molecule has 0 bridgehead atoms. The number of hydrogen-bond acceptors (Lipinski definition) is 3. The first kappa shape index (κ1) is 16.7. The van der Waals surface area contributed by atoms with Gasteiger partial charge in [-0.25, -0.2) is 8.78 Å². The molecule has 0 spiro atoms. The lowest BCUT2D eigenvalue weighted by atomic mass is 9.99. The number of ether oxygens (including phenoxy) is 1. The Bertz CT molecular complexity index is 885. The van der Waals surface area contributed by atoms with Gasteiger partial charge in [0.1, 0.15) is 12.4 Å². The number of fused-ring (bicyclic) bond motifs is 1. The zero-order valence-corrected chi connectivity index (χ0v) is 13.8. The van der Waals surface area contributed by atoms with Crippen molar-refractivity contribution in [2.75, 3.05) is 19.0 Å². The van der Waals surface area contributed by atoms with E-state index in [0.29, 0.717) is 0 Å². The van der Waals surface area contributed by atoms with Crippen LogP contribution in [0.25, 0.3) is 0 Å². The summed E-state index contributed by atoms with van der Waals surface area (Å²) >= 11 is 12.2. The standard InChI is InChI=1S/C16H10Cl2F2N2O2/c1-24-10-5-3-8(19)12(15(10)20)16-13-9(22-11(23)6-21-16)4-2-7(17)14(13)18/h2-5H,6H2,1H3,(H,22,23). The van der Waals surface area contributed by atoms with E-state index in [1.807, 2.05) is 0 Å². The summed E-state index contributed by atoms with van der Waals surface area (Å²) in [5.74, 6) is -2.39. The van der Waals surface area contributed by atoms with Crippen molar-refractivity contribution < 1.29 is 18.3 Å². The highest BCUT2D eigenvalue weighted by Gasteiger charge is 2.27. The van der Waals surface area contributed by atoms with Crippen LogP contribution >= 0.6 is 23.2 Å². The second-order valence-electron chi connectivity index (χ2n) is 4.94. The van der Waals surface area contributed by atoms with Gasteiger partial charge in [-0.05, 0) is 24.3 Å². The van der Waals surface area contributed by atoms with Gasteiger partial charge in [0.05, 0.1) is 34.1 Å². The Labute approximate surface area is 146 Å². The maximum atomic E-state index is 14.6. The van der Waals surface area contributed by atoms with Gasteiger partial charge in [0, 0.05) is 5.56 Å². The van der Waals surface area contributed by atoms with Crippen LogP contribution in [0.2, 0.25) is 10.0 Å². The van der Waals surface area contributed by atoms with E-state index in [-0.39, 0.29) is 39.3 Å². The molecule has 0 saturated carbocycles. The summed E-state index contributed by atoms with van der Waals surface area (Å²) in [5, 5.41) is 2.79. The fourth-order valence-corrected chi connectivity index (χ4v) is 2.83. The highest BCUT2D eigenvalue weighted by molar-refractivity contribution is 6.45. The van der Waals surface area contributed by atoms with Crippen molar-refractivity contribution in [2.45, 2.75) is 0 Å². The second-order valence-corrected chi connectivity index (χ2v) is 5.72. The number of amides is 1. The van der Waals surface area contributed by atoms with Crippen molar-refractivity contribution in [3.63, 3.8) is 0 Å². The monoisotopic (exact) mass is 370 g/mol. The third-order valence-corrected chi connectivity index (χ3v) is 4.30. The molecule has 0 saturated heterocycles. The Morgan fingerprint density at radius 1 is 1.17 bits per heavy atom. The Hall–Kier alpha value is -2.18. The Kier molecular flexibility index (Phi) is 4.43. The lowest BCUT2D eigenvalue weighted by molar-refractivity contribution is -0.114. The van der Waals surface area contributed by atoms with Gasteiger partial charge in [0.15, 0.2) is 11.6 Å². The van der Waals surface area contributed by atoms with E-state index in [1.165, 1.54) is 19.2 Å². The fourth-order valence-electron chi connectivity index (χ4n) is 2.42. The number of nitrogens with zero attached hydrogens (tertiary/aromatic N) is 1. The van der Waals surface area contributed by atoms with E-state index in [1.54, 1.807) is 0 Å². The van der Waals surface area contributed by atoms with Crippen LogP contribution < -0.4 is 10.1 Å². The summed E-state index contributed by atoms with van der Waals surface area (Å²) in [4.78, 5) is 15.8. The van der Waals surface area contributed by atoms with E-state index in [9.17, 15) is 13.6 Å². The number of carbonyl (C=O) groups excluding carboxylic acids is 1. The number of aliphatic imine (C=N–C) groups is 1. The maximum absolute atomic E-state index is 14.6. The first-order valence-electron chi connectivity index (χ1n) is 6.79. The lowest BCUT2D eigenvalue weighted by Gasteiger charge is -2.15. The minimum Gasteiger partial charge on any atom is -0.494 e. The molecule has 4 nitrogen and oxygen atoms in total. The van der Waals surface area contributed by atoms with E-state index in [2.05, 4.69) is 10.3 Å². The average Bonchev–Trinajstić information content (AvgIpc) is 2.71. The molecule has 8 heteroatoms. The number of benzene rings is 2. The minimum absolute atomic E-state index is 0.0386. The molecule has 1 N–H and O–H groups in total. The summed E-state index contributed by atoms with van der Waals surface area (Å²) in [7, 11) is 1.26. The molecular formula is C16H10Cl2F2N2O2. The normalized spacial score (nSPS) is 13.7. The SMILES string of the molecule is COc1ccc(F)c(C2=NCC(=O)Nc3ccc(Cl)c(Cl)c32)c1F. The number of hydrogen-bond donors (Lipinski definition) is 1. The van der Waals surface area contributed by atoms with Crippen molar-refractivity contribution in [1.29, 1.82) is 0 Å². The first-order valence-corrected chi connectivity index (χ1v) is 7.54. The van der Waals surface area contributed by atoms with Gasteiger partial charge in [-0.1, -0.05) is 23.2 Å². The van der Waals surface area contributed by atoms with Gasteiger partial charge >= 0.3 is 0 Å². The third kappa shape index (κ3) is 2.72. The van der Waals surface area contributed by atoms with Crippen LogP contribution in [0.5, 0.6) is 5.75 Å². The molecular weight excluding hydrogens is 361 g/mol. The molecule has 1 heterocycles. The number of benzodiazepines with no additional fused rings is 1. The van der Waals surface area contributed by atoms with Crippen LogP contribution in [-0.4, -0.2) is 25.3 Å². The zero-order chi connectivity index (χ0) is 17.4. The minimum atomic E-state index is -0.937. The Morgan fingerprint density at radius 3 is 2.62 bits per heavy atom. The average molecular weight is 371 g/mol. The molecule has 3 rings (SSSR count). The van der Waals surface area contributed by atoms with Crippen LogP contribution in [0.3, 0.4) is 0 Å². The molecule has 0 fully saturated rings. The molecule has 0 atom stereocenters. The van der Waals surface area contributed by atoms with Crippen molar-refractivity contribution in [3.05, 3.63) is 57.1 Å². The van der Waals surface area contributed by atoms with E-state index < -0.39 is 23.1 Å². The Morgan fingerprint density at radius 2 is 1.92 bits per heavy atom. The van der Waals surface area contributed by atoms with Crippen LogP contribution in [0.4, 0.5) is 14.5 Å². The molecule has 2 aromatic carbocycles. The van der Waals surface area contributed by atoms with Crippen molar-refractivity contribution in [1.82, 2.24) is 0 Å². The number of nitrogens with one attached hydrogen (secondary N) is 1. The molecule has 1 aliphatic heterocycles. The smallest absolute Gasteiger partial charge is 0.246 e. The van der Waals surface area contributed by atoms with Crippen molar-refractivity contribution >= 4 is 40.5 Å². The summed E-state index contributed by atoms with van der Waals surface area (Å²) < 4.78 is 33.9. The summed E-state index contributed by atoms with van der Waals surface area (Å²) in [6, 6.07) is 5.19. The van der Waals surface area contributed by atoms with E-state index in [4.69, 9.17) is 27.9 Å².